The fraction of sp³-hybridized carbons (Fsp3) is 0.538. The Morgan fingerprint density at radius 2 is 1.78 bits per heavy atom. The van der Waals surface area contributed by atoms with Gasteiger partial charge in [-0.25, -0.2) is 0 Å². The van der Waals surface area contributed by atoms with E-state index in [9.17, 15) is 8.42 Å². The van der Waals surface area contributed by atoms with E-state index in [1.165, 1.54) is 0 Å². The highest BCUT2D eigenvalue weighted by Crippen LogP contribution is 2.14. The summed E-state index contributed by atoms with van der Waals surface area (Å²) in [5, 5.41) is 0. The van der Waals surface area contributed by atoms with Crippen LogP contribution in [0, 0.1) is 6.92 Å². The van der Waals surface area contributed by atoms with Crippen molar-refractivity contribution in [2.24, 2.45) is 0 Å². The van der Waals surface area contributed by atoms with E-state index in [2.05, 4.69) is 0 Å². The molecule has 5 heteroatoms. The molecule has 18 heavy (non-hydrogen) atoms. The summed E-state index contributed by atoms with van der Waals surface area (Å²) in [5.41, 5.74) is 1.01. The third-order valence-corrected chi connectivity index (χ3v) is 3.87. The van der Waals surface area contributed by atoms with Gasteiger partial charge in [-0.2, -0.15) is 8.42 Å². The Balaban J connectivity index is 2.67. The van der Waals surface area contributed by atoms with Crippen LogP contribution in [0.2, 0.25) is 0 Å². The van der Waals surface area contributed by atoms with Crippen LogP contribution in [-0.4, -0.2) is 27.7 Å². The van der Waals surface area contributed by atoms with Gasteiger partial charge in [-0.15, -0.1) is 0 Å². The van der Waals surface area contributed by atoms with Crippen molar-refractivity contribution in [1.29, 1.82) is 0 Å². The molecule has 0 bridgehead atoms. The Kier molecular flexibility index (Phi) is 5.78. The van der Waals surface area contributed by atoms with E-state index >= 15 is 0 Å². The van der Waals surface area contributed by atoms with E-state index in [-0.39, 0.29) is 17.6 Å². The molecule has 1 aromatic rings. The predicted octanol–water partition coefficient (Wildman–Crippen LogP) is 2.52. The van der Waals surface area contributed by atoms with Crippen molar-refractivity contribution in [3.63, 3.8) is 0 Å². The molecule has 102 valence electrons. The van der Waals surface area contributed by atoms with Gasteiger partial charge in [0.15, 0.2) is 0 Å². The molecular formula is C13H20O4S. The van der Waals surface area contributed by atoms with Crippen LogP contribution in [0.1, 0.15) is 25.8 Å². The summed E-state index contributed by atoms with van der Waals surface area (Å²) < 4.78 is 34.1. The summed E-state index contributed by atoms with van der Waals surface area (Å²) in [6, 6.07) is 6.59. The number of ether oxygens (including phenoxy) is 1. The van der Waals surface area contributed by atoms with Crippen LogP contribution >= 0.6 is 0 Å². The van der Waals surface area contributed by atoms with Crippen LogP contribution in [0.4, 0.5) is 0 Å². The first kappa shape index (κ1) is 15.1. The third-order valence-electron chi connectivity index (χ3n) is 2.58. The minimum Gasteiger partial charge on any atom is -0.376 e. The second-order valence-corrected chi connectivity index (χ2v) is 5.65. The first-order valence-corrected chi connectivity index (χ1v) is 7.48. The molecule has 0 amide bonds. The molecule has 0 aromatic heterocycles. The van der Waals surface area contributed by atoms with Crippen LogP contribution < -0.4 is 0 Å². The third kappa shape index (κ3) is 4.40. The zero-order valence-corrected chi connectivity index (χ0v) is 11.9. The summed E-state index contributed by atoms with van der Waals surface area (Å²) in [5.74, 6) is 0. The van der Waals surface area contributed by atoms with Gasteiger partial charge in [-0.3, -0.25) is 4.18 Å². The highest BCUT2D eigenvalue weighted by molar-refractivity contribution is 7.86. The molecule has 0 aliphatic heterocycles. The topological polar surface area (TPSA) is 52.6 Å². The Morgan fingerprint density at radius 1 is 1.17 bits per heavy atom. The summed E-state index contributed by atoms with van der Waals surface area (Å²) in [7, 11) is -3.68. The second kappa shape index (κ2) is 6.87. The Labute approximate surface area is 109 Å². The van der Waals surface area contributed by atoms with Crippen molar-refractivity contribution in [2.75, 3.05) is 13.2 Å². The Morgan fingerprint density at radius 3 is 2.28 bits per heavy atom. The molecule has 0 aliphatic rings. The Hall–Kier alpha value is -0.910. The lowest BCUT2D eigenvalue weighted by atomic mass is 10.2. The normalized spacial score (nSPS) is 13.5. The van der Waals surface area contributed by atoms with Crippen LogP contribution in [0.3, 0.4) is 0 Å². The van der Waals surface area contributed by atoms with Gasteiger partial charge in [0.05, 0.1) is 17.6 Å². The monoisotopic (exact) mass is 272 g/mol. The number of rotatable bonds is 7. The van der Waals surface area contributed by atoms with Crippen molar-refractivity contribution >= 4 is 10.1 Å². The molecule has 0 saturated heterocycles. The van der Waals surface area contributed by atoms with E-state index in [0.717, 1.165) is 12.0 Å². The standard InChI is InChI=1S/C13H20O4S/c1-4-12(16-5-2)10-17-18(14,15)13-8-6-11(3)7-9-13/h6-9,12H,4-5,10H2,1-3H3. The zero-order chi connectivity index (χ0) is 13.6. The van der Waals surface area contributed by atoms with Crippen molar-refractivity contribution in [3.8, 4) is 0 Å². The van der Waals surface area contributed by atoms with E-state index in [0.29, 0.717) is 6.61 Å². The molecule has 1 rings (SSSR count). The van der Waals surface area contributed by atoms with Crippen LogP contribution in [0.15, 0.2) is 29.2 Å². The lowest BCUT2D eigenvalue weighted by molar-refractivity contribution is 0.0273. The molecule has 4 nitrogen and oxygen atoms in total. The molecule has 0 saturated carbocycles. The van der Waals surface area contributed by atoms with E-state index < -0.39 is 10.1 Å². The van der Waals surface area contributed by atoms with Crippen molar-refractivity contribution in [2.45, 2.75) is 38.2 Å². The Bertz CT molecular complexity index is 450. The molecular weight excluding hydrogens is 252 g/mol. The largest absolute Gasteiger partial charge is 0.376 e. The summed E-state index contributed by atoms with van der Waals surface area (Å²) in [6.07, 6.45) is 0.535. The summed E-state index contributed by atoms with van der Waals surface area (Å²) in [4.78, 5) is 0.180. The average molecular weight is 272 g/mol. The number of aryl methyl sites for hydroxylation is 1. The maximum Gasteiger partial charge on any atom is 0.297 e. The molecule has 0 heterocycles. The smallest absolute Gasteiger partial charge is 0.297 e. The van der Waals surface area contributed by atoms with Gasteiger partial charge in [0, 0.05) is 6.61 Å². The maximum absolute atomic E-state index is 11.9. The van der Waals surface area contributed by atoms with E-state index in [4.69, 9.17) is 8.92 Å². The maximum atomic E-state index is 11.9. The molecule has 0 aliphatic carbocycles. The van der Waals surface area contributed by atoms with Gasteiger partial charge < -0.3 is 4.74 Å². The molecule has 1 unspecified atom stereocenters. The number of hydrogen-bond donors (Lipinski definition) is 0. The van der Waals surface area contributed by atoms with Crippen molar-refractivity contribution in [3.05, 3.63) is 29.8 Å². The lowest BCUT2D eigenvalue weighted by Gasteiger charge is -2.14. The van der Waals surface area contributed by atoms with Gasteiger partial charge in [-0.05, 0) is 32.4 Å². The van der Waals surface area contributed by atoms with E-state index in [1.807, 2.05) is 20.8 Å². The van der Waals surface area contributed by atoms with Gasteiger partial charge in [0.1, 0.15) is 0 Å². The van der Waals surface area contributed by atoms with Gasteiger partial charge in [0.2, 0.25) is 0 Å². The van der Waals surface area contributed by atoms with Crippen molar-refractivity contribution in [1.82, 2.24) is 0 Å². The van der Waals surface area contributed by atoms with Gasteiger partial charge >= 0.3 is 0 Å². The highest BCUT2D eigenvalue weighted by Gasteiger charge is 2.17. The molecule has 1 aromatic carbocycles. The van der Waals surface area contributed by atoms with Gasteiger partial charge in [0.25, 0.3) is 10.1 Å². The second-order valence-electron chi connectivity index (χ2n) is 4.04. The lowest BCUT2D eigenvalue weighted by Crippen LogP contribution is -2.21. The first-order chi connectivity index (χ1) is 8.49. The minimum absolute atomic E-state index is 0.0561. The van der Waals surface area contributed by atoms with Crippen LogP contribution in [0.5, 0.6) is 0 Å². The molecule has 0 radical (unpaired) electrons. The van der Waals surface area contributed by atoms with Crippen molar-refractivity contribution < 1.29 is 17.3 Å². The minimum atomic E-state index is -3.68. The van der Waals surface area contributed by atoms with Crippen LogP contribution in [0.25, 0.3) is 0 Å². The first-order valence-electron chi connectivity index (χ1n) is 6.07. The summed E-state index contributed by atoms with van der Waals surface area (Å²) >= 11 is 0. The SMILES string of the molecule is CCOC(CC)COS(=O)(=O)c1ccc(C)cc1. The molecule has 1 atom stereocenters. The van der Waals surface area contributed by atoms with Gasteiger partial charge in [-0.1, -0.05) is 24.6 Å². The predicted molar refractivity (Wildman–Crippen MR) is 70.0 cm³/mol. The fourth-order valence-electron chi connectivity index (χ4n) is 1.46. The number of hydrogen-bond acceptors (Lipinski definition) is 4. The van der Waals surface area contributed by atoms with Crippen LogP contribution in [-0.2, 0) is 19.0 Å². The highest BCUT2D eigenvalue weighted by atomic mass is 32.2. The molecule has 0 spiro atoms. The molecule has 0 N–H and O–H groups in total. The summed E-state index contributed by atoms with van der Waals surface area (Å²) in [6.45, 7) is 6.31. The number of benzene rings is 1. The zero-order valence-electron chi connectivity index (χ0n) is 11.0. The quantitative estimate of drug-likeness (QED) is 0.716. The molecule has 0 fully saturated rings. The van der Waals surface area contributed by atoms with E-state index in [1.54, 1.807) is 24.3 Å². The fourth-order valence-corrected chi connectivity index (χ4v) is 2.39. The average Bonchev–Trinajstić information content (AvgIpc) is 2.35.